The molecule has 0 saturated heterocycles. The second kappa shape index (κ2) is 6.55. The van der Waals surface area contributed by atoms with Gasteiger partial charge in [-0.1, -0.05) is 30.2 Å². The van der Waals surface area contributed by atoms with Crippen LogP contribution in [0.4, 0.5) is 0 Å². The van der Waals surface area contributed by atoms with Crippen molar-refractivity contribution in [2.75, 3.05) is 6.61 Å². The summed E-state index contributed by atoms with van der Waals surface area (Å²) in [7, 11) is 0. The lowest BCUT2D eigenvalue weighted by Crippen LogP contribution is -2.37. The Morgan fingerprint density at radius 3 is 2.50 bits per heavy atom. The molecule has 1 aliphatic rings. The van der Waals surface area contributed by atoms with E-state index in [0.717, 1.165) is 24.0 Å². The van der Waals surface area contributed by atoms with Gasteiger partial charge in [-0.15, -0.1) is 0 Å². The summed E-state index contributed by atoms with van der Waals surface area (Å²) < 4.78 is 5.98. The third-order valence-electron chi connectivity index (χ3n) is 3.71. The fourth-order valence-electron chi connectivity index (χ4n) is 2.17. The zero-order valence-corrected chi connectivity index (χ0v) is 11.7. The first-order valence-corrected chi connectivity index (χ1v) is 7.14. The van der Waals surface area contributed by atoms with Gasteiger partial charge in [-0.05, 0) is 43.4 Å². The van der Waals surface area contributed by atoms with Crippen LogP contribution in [0.25, 0.3) is 0 Å². The van der Waals surface area contributed by atoms with Crippen LogP contribution in [0.3, 0.4) is 0 Å². The van der Waals surface area contributed by atoms with Crippen molar-refractivity contribution in [2.45, 2.75) is 44.8 Å². The summed E-state index contributed by atoms with van der Waals surface area (Å²) in [6.07, 6.45) is 4.95. The second-order valence-electron chi connectivity index (χ2n) is 5.36. The Labute approximate surface area is 114 Å². The number of ether oxygens (including phenoxy) is 1. The predicted molar refractivity (Wildman–Crippen MR) is 75.9 cm³/mol. The second-order valence-corrected chi connectivity index (χ2v) is 5.79. The van der Waals surface area contributed by atoms with E-state index in [-0.39, 0.29) is 12.1 Å². The van der Waals surface area contributed by atoms with E-state index in [1.165, 1.54) is 24.8 Å². The topological polar surface area (TPSA) is 35.2 Å². The fourth-order valence-corrected chi connectivity index (χ4v) is 2.29. The highest BCUT2D eigenvalue weighted by Crippen LogP contribution is 2.27. The molecule has 0 radical (unpaired) electrons. The van der Waals surface area contributed by atoms with Gasteiger partial charge in [0.25, 0.3) is 0 Å². The van der Waals surface area contributed by atoms with Gasteiger partial charge < -0.3 is 10.5 Å². The minimum absolute atomic E-state index is 0.0563. The third-order valence-corrected chi connectivity index (χ3v) is 3.96. The molecular formula is C15H22ClNO. The maximum absolute atomic E-state index is 6.01. The summed E-state index contributed by atoms with van der Waals surface area (Å²) in [6.45, 7) is 2.88. The number of hydrogen-bond acceptors (Lipinski definition) is 2. The van der Waals surface area contributed by atoms with Crippen LogP contribution in [0.2, 0.25) is 5.02 Å². The van der Waals surface area contributed by atoms with E-state index in [2.05, 4.69) is 0 Å². The van der Waals surface area contributed by atoms with E-state index in [9.17, 15) is 0 Å². The van der Waals surface area contributed by atoms with Crippen LogP contribution in [-0.2, 0) is 11.2 Å². The van der Waals surface area contributed by atoms with Gasteiger partial charge in [0.15, 0.2) is 0 Å². The van der Waals surface area contributed by atoms with Gasteiger partial charge >= 0.3 is 0 Å². The third kappa shape index (κ3) is 3.98. The van der Waals surface area contributed by atoms with Gasteiger partial charge in [-0.2, -0.15) is 0 Å². The van der Waals surface area contributed by atoms with Gasteiger partial charge in [-0.3, -0.25) is 0 Å². The van der Waals surface area contributed by atoms with E-state index in [1.807, 2.05) is 31.2 Å². The van der Waals surface area contributed by atoms with Gasteiger partial charge in [0.2, 0.25) is 0 Å². The molecule has 0 spiro atoms. The van der Waals surface area contributed by atoms with Gasteiger partial charge in [0.1, 0.15) is 0 Å². The molecule has 0 bridgehead atoms. The Balaban J connectivity index is 1.86. The normalized spacial score (nSPS) is 19.3. The smallest absolute Gasteiger partial charge is 0.0763 e. The zero-order valence-electron chi connectivity index (χ0n) is 10.9. The van der Waals surface area contributed by atoms with Crippen LogP contribution in [0.15, 0.2) is 24.3 Å². The van der Waals surface area contributed by atoms with Crippen molar-refractivity contribution in [3.05, 3.63) is 34.9 Å². The molecule has 2 atom stereocenters. The molecule has 0 unspecified atom stereocenters. The molecule has 2 N–H and O–H groups in total. The van der Waals surface area contributed by atoms with Gasteiger partial charge in [-0.25, -0.2) is 0 Å². The van der Waals surface area contributed by atoms with E-state index in [4.69, 9.17) is 22.1 Å². The monoisotopic (exact) mass is 267 g/mol. The number of nitrogens with two attached hydrogens (primary N) is 1. The highest BCUT2D eigenvalue weighted by Gasteiger charge is 2.21. The lowest BCUT2D eigenvalue weighted by Gasteiger charge is -2.29. The molecular weight excluding hydrogens is 246 g/mol. The molecule has 2 rings (SSSR count). The summed E-state index contributed by atoms with van der Waals surface area (Å²) in [4.78, 5) is 0. The molecule has 1 saturated carbocycles. The number of hydrogen-bond donors (Lipinski definition) is 1. The largest absolute Gasteiger partial charge is 0.376 e. The lowest BCUT2D eigenvalue weighted by molar-refractivity contribution is 0.000773. The minimum atomic E-state index is 0.0563. The van der Waals surface area contributed by atoms with Crippen LogP contribution in [0, 0.1) is 5.92 Å². The van der Waals surface area contributed by atoms with Crippen molar-refractivity contribution in [3.63, 3.8) is 0 Å². The highest BCUT2D eigenvalue weighted by molar-refractivity contribution is 6.30. The maximum Gasteiger partial charge on any atom is 0.0763 e. The Hall–Kier alpha value is -0.570. The SMILES string of the molecule is C[C@@H](N)[C@@H](Cc1ccc(Cl)cc1)OCC1CCC1. The maximum atomic E-state index is 6.01. The Bertz CT molecular complexity index is 359. The summed E-state index contributed by atoms with van der Waals surface area (Å²) in [5, 5.41) is 0.770. The standard InChI is InChI=1S/C15H22ClNO/c1-11(17)15(18-10-13-3-2-4-13)9-12-5-7-14(16)8-6-12/h5-8,11,13,15H,2-4,9-10,17H2,1H3/t11-,15-/m1/s1. The molecule has 100 valence electrons. The molecule has 0 heterocycles. The van der Waals surface area contributed by atoms with Crippen LogP contribution in [0.1, 0.15) is 31.7 Å². The first-order valence-electron chi connectivity index (χ1n) is 6.77. The molecule has 1 aromatic rings. The molecule has 1 aromatic carbocycles. The molecule has 0 aliphatic heterocycles. The van der Waals surface area contributed by atoms with Crippen molar-refractivity contribution >= 4 is 11.6 Å². The Kier molecular flexibility index (Phi) is 5.04. The molecule has 3 heteroatoms. The molecule has 1 fully saturated rings. The summed E-state index contributed by atoms with van der Waals surface area (Å²) in [6, 6.07) is 7.98. The van der Waals surface area contributed by atoms with Gasteiger partial charge in [0, 0.05) is 24.1 Å². The van der Waals surface area contributed by atoms with Crippen molar-refractivity contribution in [3.8, 4) is 0 Å². The van der Waals surface area contributed by atoms with E-state index < -0.39 is 0 Å². The first-order chi connectivity index (χ1) is 8.65. The van der Waals surface area contributed by atoms with Crippen LogP contribution >= 0.6 is 11.6 Å². The summed E-state index contributed by atoms with van der Waals surface area (Å²) in [5.74, 6) is 0.761. The first kappa shape index (κ1) is 13.9. The van der Waals surface area contributed by atoms with Crippen LogP contribution in [-0.4, -0.2) is 18.8 Å². The molecule has 2 nitrogen and oxygen atoms in total. The lowest BCUT2D eigenvalue weighted by atomic mass is 9.86. The number of rotatable bonds is 6. The Morgan fingerprint density at radius 1 is 1.33 bits per heavy atom. The number of halogens is 1. The van der Waals surface area contributed by atoms with E-state index >= 15 is 0 Å². The molecule has 0 aromatic heterocycles. The highest BCUT2D eigenvalue weighted by atomic mass is 35.5. The zero-order chi connectivity index (χ0) is 13.0. The average molecular weight is 268 g/mol. The van der Waals surface area contributed by atoms with Crippen LogP contribution in [0.5, 0.6) is 0 Å². The van der Waals surface area contributed by atoms with Crippen molar-refractivity contribution < 1.29 is 4.74 Å². The molecule has 0 amide bonds. The van der Waals surface area contributed by atoms with E-state index in [0.29, 0.717) is 0 Å². The predicted octanol–water partition coefficient (Wildman–Crippen LogP) is 3.42. The molecule has 1 aliphatic carbocycles. The summed E-state index contributed by atoms with van der Waals surface area (Å²) in [5.41, 5.74) is 7.24. The van der Waals surface area contributed by atoms with Crippen molar-refractivity contribution in [1.82, 2.24) is 0 Å². The van der Waals surface area contributed by atoms with Crippen LogP contribution < -0.4 is 5.73 Å². The van der Waals surface area contributed by atoms with Crippen molar-refractivity contribution in [1.29, 1.82) is 0 Å². The quantitative estimate of drug-likeness (QED) is 0.857. The number of benzene rings is 1. The van der Waals surface area contributed by atoms with Gasteiger partial charge in [0.05, 0.1) is 6.10 Å². The van der Waals surface area contributed by atoms with Crippen molar-refractivity contribution in [2.24, 2.45) is 11.7 Å². The fraction of sp³-hybridized carbons (Fsp3) is 0.600. The van der Waals surface area contributed by atoms with E-state index in [1.54, 1.807) is 0 Å². The average Bonchev–Trinajstić information content (AvgIpc) is 2.28. The molecule has 18 heavy (non-hydrogen) atoms. The summed E-state index contributed by atoms with van der Waals surface area (Å²) >= 11 is 5.88. The minimum Gasteiger partial charge on any atom is -0.376 e. The Morgan fingerprint density at radius 2 is 2.00 bits per heavy atom.